The molecule has 0 radical (unpaired) electrons. The van der Waals surface area contributed by atoms with Crippen molar-refractivity contribution in [3.8, 4) is 11.1 Å². The molecule has 0 aliphatic carbocycles. The molecule has 0 spiro atoms. The molecular formula is C23H23NO. The van der Waals surface area contributed by atoms with Gasteiger partial charge in [-0.1, -0.05) is 53.6 Å². The second-order valence-electron chi connectivity index (χ2n) is 6.69. The van der Waals surface area contributed by atoms with Gasteiger partial charge in [0, 0.05) is 16.8 Å². The summed E-state index contributed by atoms with van der Waals surface area (Å²) in [6.07, 6.45) is 0. The highest BCUT2D eigenvalue weighted by molar-refractivity contribution is 6.06. The molecule has 0 heterocycles. The number of hydrogen-bond donors (Lipinski definition) is 1. The topological polar surface area (TPSA) is 29.1 Å². The number of aryl methyl sites for hydroxylation is 4. The van der Waals surface area contributed by atoms with Gasteiger partial charge in [0.05, 0.1) is 0 Å². The van der Waals surface area contributed by atoms with E-state index in [1.807, 2.05) is 44.2 Å². The number of nitrogens with one attached hydrogen (secondary N) is 1. The van der Waals surface area contributed by atoms with Crippen LogP contribution in [0.2, 0.25) is 0 Å². The lowest BCUT2D eigenvalue weighted by atomic mass is 9.96. The quantitative estimate of drug-likeness (QED) is 0.642. The van der Waals surface area contributed by atoms with Gasteiger partial charge in [-0.15, -0.1) is 0 Å². The molecule has 3 rings (SSSR count). The SMILES string of the molecule is Cc1ccc(C(=O)Nc2cc(C)ccc2-c2ccc(C)cc2C)cc1. The zero-order valence-corrected chi connectivity index (χ0v) is 15.2. The molecule has 3 aromatic carbocycles. The lowest BCUT2D eigenvalue weighted by Gasteiger charge is -2.15. The lowest BCUT2D eigenvalue weighted by Crippen LogP contribution is -2.12. The van der Waals surface area contributed by atoms with Crippen LogP contribution >= 0.6 is 0 Å². The van der Waals surface area contributed by atoms with Gasteiger partial charge in [-0.05, 0) is 62.6 Å². The minimum absolute atomic E-state index is 0.0865. The molecule has 0 aromatic heterocycles. The van der Waals surface area contributed by atoms with E-state index in [9.17, 15) is 4.79 Å². The molecule has 0 saturated carbocycles. The van der Waals surface area contributed by atoms with Crippen molar-refractivity contribution < 1.29 is 4.79 Å². The molecule has 1 amide bonds. The monoisotopic (exact) mass is 329 g/mol. The maximum absolute atomic E-state index is 12.6. The van der Waals surface area contributed by atoms with Crippen LogP contribution in [0.1, 0.15) is 32.6 Å². The normalized spacial score (nSPS) is 10.6. The Kier molecular flexibility index (Phi) is 4.71. The van der Waals surface area contributed by atoms with Gasteiger partial charge in [-0.2, -0.15) is 0 Å². The van der Waals surface area contributed by atoms with Gasteiger partial charge in [-0.3, -0.25) is 4.79 Å². The van der Waals surface area contributed by atoms with E-state index in [4.69, 9.17) is 0 Å². The Morgan fingerprint density at radius 1 is 0.680 bits per heavy atom. The van der Waals surface area contributed by atoms with Crippen molar-refractivity contribution in [2.75, 3.05) is 5.32 Å². The number of carbonyl (C=O) groups is 1. The fraction of sp³-hybridized carbons (Fsp3) is 0.174. The van der Waals surface area contributed by atoms with Gasteiger partial charge in [0.1, 0.15) is 0 Å². The Morgan fingerprint density at radius 3 is 1.88 bits per heavy atom. The lowest BCUT2D eigenvalue weighted by molar-refractivity contribution is 0.102. The van der Waals surface area contributed by atoms with Gasteiger partial charge in [0.15, 0.2) is 0 Å². The van der Waals surface area contributed by atoms with Crippen LogP contribution in [0.5, 0.6) is 0 Å². The minimum atomic E-state index is -0.0865. The van der Waals surface area contributed by atoms with E-state index in [0.29, 0.717) is 5.56 Å². The van der Waals surface area contributed by atoms with E-state index < -0.39 is 0 Å². The van der Waals surface area contributed by atoms with Crippen molar-refractivity contribution in [2.24, 2.45) is 0 Å². The van der Waals surface area contributed by atoms with Crippen LogP contribution in [-0.2, 0) is 0 Å². The molecule has 2 nitrogen and oxygen atoms in total. The second kappa shape index (κ2) is 6.94. The summed E-state index contributed by atoms with van der Waals surface area (Å²) in [5, 5.41) is 3.09. The third-order valence-corrected chi connectivity index (χ3v) is 4.41. The van der Waals surface area contributed by atoms with E-state index in [1.165, 1.54) is 11.1 Å². The number of benzene rings is 3. The fourth-order valence-electron chi connectivity index (χ4n) is 3.01. The number of amides is 1. The van der Waals surface area contributed by atoms with Gasteiger partial charge in [0.2, 0.25) is 0 Å². The van der Waals surface area contributed by atoms with Crippen molar-refractivity contribution in [1.29, 1.82) is 0 Å². The van der Waals surface area contributed by atoms with E-state index in [-0.39, 0.29) is 5.91 Å². The van der Waals surface area contributed by atoms with Crippen molar-refractivity contribution in [2.45, 2.75) is 27.7 Å². The number of hydrogen-bond acceptors (Lipinski definition) is 1. The highest BCUT2D eigenvalue weighted by Crippen LogP contribution is 2.32. The molecule has 0 unspecified atom stereocenters. The predicted molar refractivity (Wildman–Crippen MR) is 105 cm³/mol. The summed E-state index contributed by atoms with van der Waals surface area (Å²) in [4.78, 5) is 12.6. The number of carbonyl (C=O) groups excluding carboxylic acids is 1. The molecule has 0 atom stereocenters. The molecule has 0 fully saturated rings. The molecule has 25 heavy (non-hydrogen) atoms. The zero-order chi connectivity index (χ0) is 18.0. The van der Waals surface area contributed by atoms with E-state index in [1.54, 1.807) is 0 Å². The summed E-state index contributed by atoms with van der Waals surface area (Å²) in [7, 11) is 0. The van der Waals surface area contributed by atoms with Crippen molar-refractivity contribution in [1.82, 2.24) is 0 Å². The van der Waals surface area contributed by atoms with E-state index in [0.717, 1.165) is 27.9 Å². The summed E-state index contributed by atoms with van der Waals surface area (Å²) < 4.78 is 0. The van der Waals surface area contributed by atoms with Crippen LogP contribution in [0.15, 0.2) is 60.7 Å². The Balaban J connectivity index is 1.99. The standard InChI is InChI=1S/C23H23NO/c1-15-5-9-19(10-6-15)23(25)24-22-14-17(3)8-12-21(22)20-11-7-16(2)13-18(20)4/h5-14H,1-4H3,(H,24,25). The average molecular weight is 329 g/mol. The molecule has 3 aromatic rings. The highest BCUT2D eigenvalue weighted by atomic mass is 16.1. The second-order valence-corrected chi connectivity index (χ2v) is 6.69. The zero-order valence-electron chi connectivity index (χ0n) is 15.2. The van der Waals surface area contributed by atoms with E-state index in [2.05, 4.69) is 49.5 Å². The van der Waals surface area contributed by atoms with E-state index >= 15 is 0 Å². The Bertz CT molecular complexity index is 923. The average Bonchev–Trinajstić information content (AvgIpc) is 2.56. The molecule has 1 N–H and O–H groups in total. The Labute approximate surface area is 149 Å². The van der Waals surface area contributed by atoms with Crippen molar-refractivity contribution in [3.63, 3.8) is 0 Å². The predicted octanol–water partition coefficient (Wildman–Crippen LogP) is 5.84. The molecule has 0 saturated heterocycles. The van der Waals surface area contributed by atoms with Crippen LogP contribution in [-0.4, -0.2) is 5.91 Å². The van der Waals surface area contributed by atoms with Gasteiger partial charge >= 0.3 is 0 Å². The molecule has 126 valence electrons. The largest absolute Gasteiger partial charge is 0.321 e. The highest BCUT2D eigenvalue weighted by Gasteiger charge is 2.12. The van der Waals surface area contributed by atoms with Crippen LogP contribution in [0.25, 0.3) is 11.1 Å². The third kappa shape index (κ3) is 3.80. The third-order valence-electron chi connectivity index (χ3n) is 4.41. The first-order chi connectivity index (χ1) is 11.9. The molecule has 2 heteroatoms. The van der Waals surface area contributed by atoms with Gasteiger partial charge < -0.3 is 5.32 Å². The maximum Gasteiger partial charge on any atom is 0.255 e. The molecule has 0 aliphatic heterocycles. The van der Waals surface area contributed by atoms with Crippen LogP contribution in [0, 0.1) is 27.7 Å². The summed E-state index contributed by atoms with van der Waals surface area (Å²) in [6.45, 7) is 8.24. The summed E-state index contributed by atoms with van der Waals surface area (Å²) in [6, 6.07) is 20.2. The maximum atomic E-state index is 12.6. The Morgan fingerprint density at radius 2 is 1.24 bits per heavy atom. The first-order valence-corrected chi connectivity index (χ1v) is 8.50. The van der Waals surface area contributed by atoms with Gasteiger partial charge in [-0.25, -0.2) is 0 Å². The number of rotatable bonds is 3. The summed E-state index contributed by atoms with van der Waals surface area (Å²) in [5.74, 6) is -0.0865. The van der Waals surface area contributed by atoms with Crippen molar-refractivity contribution >= 4 is 11.6 Å². The fourth-order valence-corrected chi connectivity index (χ4v) is 3.01. The van der Waals surface area contributed by atoms with Crippen LogP contribution in [0.3, 0.4) is 0 Å². The first-order valence-electron chi connectivity index (χ1n) is 8.50. The minimum Gasteiger partial charge on any atom is -0.321 e. The molecule has 0 aliphatic rings. The first kappa shape index (κ1) is 17.0. The van der Waals surface area contributed by atoms with Gasteiger partial charge in [0.25, 0.3) is 5.91 Å². The van der Waals surface area contributed by atoms with Crippen LogP contribution < -0.4 is 5.32 Å². The Hall–Kier alpha value is -2.87. The molecule has 0 bridgehead atoms. The van der Waals surface area contributed by atoms with Crippen molar-refractivity contribution in [3.05, 3.63) is 88.5 Å². The number of anilines is 1. The summed E-state index contributed by atoms with van der Waals surface area (Å²) >= 11 is 0. The van der Waals surface area contributed by atoms with Crippen LogP contribution in [0.4, 0.5) is 5.69 Å². The molecular weight excluding hydrogens is 306 g/mol. The smallest absolute Gasteiger partial charge is 0.255 e. The summed E-state index contributed by atoms with van der Waals surface area (Å²) in [5.41, 5.74) is 8.40.